The topological polar surface area (TPSA) is 72.1 Å². The van der Waals surface area contributed by atoms with E-state index in [1.807, 2.05) is 13.8 Å². The summed E-state index contributed by atoms with van der Waals surface area (Å²) in [5, 5.41) is 0. The first-order valence-electron chi connectivity index (χ1n) is 5.75. The van der Waals surface area contributed by atoms with Gasteiger partial charge in [-0.15, -0.1) is 11.3 Å². The number of carbonyl (C=O) groups is 2. The highest BCUT2D eigenvalue weighted by molar-refractivity contribution is 7.11. The fourth-order valence-electron chi connectivity index (χ4n) is 1.79. The molecule has 0 fully saturated rings. The second-order valence-corrected chi connectivity index (χ2v) is 5.11. The fourth-order valence-corrected chi connectivity index (χ4v) is 2.48. The van der Waals surface area contributed by atoms with Gasteiger partial charge < -0.3 is 9.72 Å². The Morgan fingerprint density at radius 1 is 1.37 bits per heavy atom. The summed E-state index contributed by atoms with van der Waals surface area (Å²) in [4.78, 5) is 31.1. The number of esters is 1. The van der Waals surface area contributed by atoms with E-state index in [0.29, 0.717) is 16.1 Å². The summed E-state index contributed by atoms with van der Waals surface area (Å²) in [5.74, 6) is -0.712. The van der Waals surface area contributed by atoms with Crippen LogP contribution in [0.15, 0.2) is 11.6 Å². The number of carbonyl (C=O) groups excluding carboxylic acids is 2. The molecule has 0 aliphatic rings. The average Bonchev–Trinajstić information content (AvgIpc) is 2.91. The SMILES string of the molecule is Cc1cc(C(=O)COC(=O)c2scnc2C)c(C)[nH]1. The molecule has 0 saturated carbocycles. The van der Waals surface area contributed by atoms with E-state index in [1.54, 1.807) is 18.5 Å². The molecule has 6 heteroatoms. The number of H-pyrrole nitrogens is 1. The Labute approximate surface area is 114 Å². The minimum atomic E-state index is -0.502. The molecule has 2 heterocycles. The Hall–Kier alpha value is -1.95. The predicted octanol–water partition coefficient (Wildman–Crippen LogP) is 2.44. The van der Waals surface area contributed by atoms with Gasteiger partial charge in [-0.05, 0) is 26.8 Å². The summed E-state index contributed by atoms with van der Waals surface area (Å²) < 4.78 is 5.02. The van der Waals surface area contributed by atoms with Gasteiger partial charge in [-0.3, -0.25) is 4.79 Å². The van der Waals surface area contributed by atoms with Gasteiger partial charge in [0.1, 0.15) is 4.88 Å². The number of aromatic nitrogens is 2. The monoisotopic (exact) mass is 278 g/mol. The first kappa shape index (κ1) is 13.5. The van der Waals surface area contributed by atoms with Crippen LogP contribution in [0.1, 0.15) is 37.1 Å². The molecule has 0 bridgehead atoms. The molecule has 1 N–H and O–H groups in total. The van der Waals surface area contributed by atoms with Gasteiger partial charge >= 0.3 is 5.97 Å². The third-order valence-corrected chi connectivity index (χ3v) is 3.62. The summed E-state index contributed by atoms with van der Waals surface area (Å²) >= 11 is 1.21. The molecule has 0 aromatic carbocycles. The van der Waals surface area contributed by atoms with Crippen LogP contribution >= 0.6 is 11.3 Å². The molecule has 100 valence electrons. The lowest BCUT2D eigenvalue weighted by Gasteiger charge is -2.02. The Morgan fingerprint density at radius 3 is 2.63 bits per heavy atom. The maximum atomic E-state index is 11.9. The van der Waals surface area contributed by atoms with E-state index in [-0.39, 0.29) is 12.4 Å². The molecule has 2 aromatic heterocycles. The normalized spacial score (nSPS) is 10.5. The molecule has 0 atom stereocenters. The second-order valence-electron chi connectivity index (χ2n) is 4.26. The molecule has 0 amide bonds. The number of aromatic amines is 1. The number of nitrogens with one attached hydrogen (secondary N) is 1. The van der Waals surface area contributed by atoms with Crippen LogP contribution in [0.2, 0.25) is 0 Å². The third kappa shape index (κ3) is 2.90. The molecule has 2 rings (SSSR count). The number of rotatable bonds is 4. The fraction of sp³-hybridized carbons (Fsp3) is 0.308. The second kappa shape index (κ2) is 5.36. The van der Waals surface area contributed by atoms with Crippen molar-refractivity contribution in [3.05, 3.63) is 39.1 Å². The Morgan fingerprint density at radius 2 is 2.11 bits per heavy atom. The zero-order valence-corrected chi connectivity index (χ0v) is 11.8. The smallest absolute Gasteiger partial charge is 0.350 e. The Kier molecular flexibility index (Phi) is 3.80. The van der Waals surface area contributed by atoms with Crippen molar-refractivity contribution < 1.29 is 14.3 Å². The zero-order valence-electron chi connectivity index (χ0n) is 10.9. The van der Waals surface area contributed by atoms with Gasteiger partial charge in [0.2, 0.25) is 5.78 Å². The summed E-state index contributed by atoms with van der Waals surface area (Å²) in [6.45, 7) is 5.16. The van der Waals surface area contributed by atoms with Crippen molar-refractivity contribution in [2.45, 2.75) is 20.8 Å². The summed E-state index contributed by atoms with van der Waals surface area (Å²) in [7, 11) is 0. The van der Waals surface area contributed by atoms with E-state index in [9.17, 15) is 9.59 Å². The van der Waals surface area contributed by atoms with Crippen molar-refractivity contribution in [3.8, 4) is 0 Å². The number of nitrogens with zero attached hydrogens (tertiary/aromatic N) is 1. The van der Waals surface area contributed by atoms with Gasteiger partial charge in [0.25, 0.3) is 0 Å². The zero-order chi connectivity index (χ0) is 14.0. The number of ketones is 1. The van der Waals surface area contributed by atoms with Crippen LogP contribution in [0, 0.1) is 20.8 Å². The van der Waals surface area contributed by atoms with E-state index < -0.39 is 5.97 Å². The molecule has 0 unspecified atom stereocenters. The van der Waals surface area contributed by atoms with Gasteiger partial charge in [0.05, 0.1) is 11.2 Å². The minimum absolute atomic E-state index is 0.211. The maximum absolute atomic E-state index is 11.9. The van der Waals surface area contributed by atoms with Crippen molar-refractivity contribution in [2.75, 3.05) is 6.61 Å². The number of ether oxygens (including phenoxy) is 1. The van der Waals surface area contributed by atoms with Gasteiger partial charge in [-0.25, -0.2) is 9.78 Å². The predicted molar refractivity (Wildman–Crippen MR) is 71.7 cm³/mol. The summed E-state index contributed by atoms with van der Waals surface area (Å²) in [6.07, 6.45) is 0. The Balaban J connectivity index is 2.00. The standard InChI is InChI=1S/C13H14N2O3S/c1-7-4-10(8(2)15-7)11(16)5-18-13(17)12-9(3)14-6-19-12/h4,6,15H,5H2,1-3H3. The number of thiazole rings is 1. The van der Waals surface area contributed by atoms with E-state index in [4.69, 9.17) is 4.74 Å². The van der Waals surface area contributed by atoms with Crippen LogP contribution < -0.4 is 0 Å². The highest BCUT2D eigenvalue weighted by Gasteiger charge is 2.17. The van der Waals surface area contributed by atoms with Gasteiger partial charge in [-0.1, -0.05) is 0 Å². The molecule has 19 heavy (non-hydrogen) atoms. The highest BCUT2D eigenvalue weighted by Crippen LogP contribution is 2.14. The molecule has 5 nitrogen and oxygen atoms in total. The van der Waals surface area contributed by atoms with Crippen LogP contribution in [0.3, 0.4) is 0 Å². The van der Waals surface area contributed by atoms with Crippen molar-refractivity contribution in [3.63, 3.8) is 0 Å². The van der Waals surface area contributed by atoms with Crippen molar-refractivity contribution >= 4 is 23.1 Å². The number of hydrogen-bond acceptors (Lipinski definition) is 5. The first-order valence-corrected chi connectivity index (χ1v) is 6.63. The third-order valence-electron chi connectivity index (χ3n) is 2.72. The molecular formula is C13H14N2O3S. The molecule has 0 aliphatic carbocycles. The summed E-state index contributed by atoms with van der Waals surface area (Å²) in [5.41, 5.74) is 4.45. The lowest BCUT2D eigenvalue weighted by Crippen LogP contribution is -2.14. The number of Topliss-reactive ketones (excluding diaryl/α,β-unsaturated/α-hetero) is 1. The van der Waals surface area contributed by atoms with Crippen molar-refractivity contribution in [1.29, 1.82) is 0 Å². The van der Waals surface area contributed by atoms with Crippen LogP contribution in [0.4, 0.5) is 0 Å². The van der Waals surface area contributed by atoms with Crippen LogP contribution in [-0.4, -0.2) is 28.3 Å². The van der Waals surface area contributed by atoms with E-state index >= 15 is 0 Å². The number of aryl methyl sites for hydroxylation is 3. The molecule has 0 aliphatic heterocycles. The lowest BCUT2D eigenvalue weighted by molar-refractivity contribution is 0.0478. The van der Waals surface area contributed by atoms with E-state index in [2.05, 4.69) is 9.97 Å². The van der Waals surface area contributed by atoms with E-state index in [0.717, 1.165) is 11.4 Å². The van der Waals surface area contributed by atoms with Gasteiger partial charge in [0.15, 0.2) is 6.61 Å². The van der Waals surface area contributed by atoms with Gasteiger partial charge in [0, 0.05) is 17.0 Å². The largest absolute Gasteiger partial charge is 0.453 e. The van der Waals surface area contributed by atoms with Crippen LogP contribution in [-0.2, 0) is 4.74 Å². The maximum Gasteiger partial charge on any atom is 0.350 e. The highest BCUT2D eigenvalue weighted by atomic mass is 32.1. The molecule has 0 radical (unpaired) electrons. The summed E-state index contributed by atoms with van der Waals surface area (Å²) in [6, 6.07) is 1.75. The van der Waals surface area contributed by atoms with Gasteiger partial charge in [-0.2, -0.15) is 0 Å². The Bertz CT molecular complexity index is 628. The molecule has 0 spiro atoms. The average molecular weight is 278 g/mol. The first-order chi connectivity index (χ1) is 8.99. The lowest BCUT2D eigenvalue weighted by atomic mass is 10.2. The molecule has 0 saturated heterocycles. The van der Waals surface area contributed by atoms with Crippen LogP contribution in [0.25, 0.3) is 0 Å². The van der Waals surface area contributed by atoms with Crippen molar-refractivity contribution in [1.82, 2.24) is 9.97 Å². The molecule has 2 aromatic rings. The molecular weight excluding hydrogens is 264 g/mol. The van der Waals surface area contributed by atoms with E-state index in [1.165, 1.54) is 11.3 Å². The van der Waals surface area contributed by atoms with Crippen molar-refractivity contribution in [2.24, 2.45) is 0 Å². The quantitative estimate of drug-likeness (QED) is 0.688. The minimum Gasteiger partial charge on any atom is -0.453 e. The number of hydrogen-bond donors (Lipinski definition) is 1. The van der Waals surface area contributed by atoms with Crippen LogP contribution in [0.5, 0.6) is 0 Å².